The Balaban J connectivity index is 1.44. The lowest BCUT2D eigenvalue weighted by Gasteiger charge is -2.35. The SMILES string of the molecule is O=C(NC1CC1)C1CCN(C2CCCC2)CC1. The van der Waals surface area contributed by atoms with Gasteiger partial charge in [0.15, 0.2) is 0 Å². The monoisotopic (exact) mass is 236 g/mol. The van der Waals surface area contributed by atoms with Crippen LogP contribution in [-0.2, 0) is 4.79 Å². The maximum Gasteiger partial charge on any atom is 0.223 e. The summed E-state index contributed by atoms with van der Waals surface area (Å²) in [5, 5.41) is 3.15. The molecule has 1 amide bonds. The molecule has 96 valence electrons. The first-order chi connectivity index (χ1) is 8.33. The van der Waals surface area contributed by atoms with E-state index in [0.717, 1.165) is 32.0 Å². The van der Waals surface area contributed by atoms with Crippen LogP contribution in [0.5, 0.6) is 0 Å². The third-order valence-electron chi connectivity index (χ3n) is 4.67. The molecule has 3 heteroatoms. The van der Waals surface area contributed by atoms with Crippen LogP contribution in [0.25, 0.3) is 0 Å². The second-order valence-corrected chi connectivity index (χ2v) is 6.03. The highest BCUT2D eigenvalue weighted by molar-refractivity contribution is 5.79. The predicted octanol–water partition coefficient (Wildman–Crippen LogP) is 1.92. The van der Waals surface area contributed by atoms with Crippen LogP contribution in [0, 0.1) is 5.92 Å². The maximum atomic E-state index is 11.9. The summed E-state index contributed by atoms with van der Waals surface area (Å²) < 4.78 is 0. The van der Waals surface area contributed by atoms with Gasteiger partial charge in [-0.15, -0.1) is 0 Å². The Labute approximate surface area is 104 Å². The van der Waals surface area contributed by atoms with Gasteiger partial charge < -0.3 is 10.2 Å². The molecule has 3 rings (SSSR count). The Bertz CT molecular complexity index is 274. The van der Waals surface area contributed by atoms with E-state index in [-0.39, 0.29) is 0 Å². The molecule has 2 saturated carbocycles. The molecule has 3 fully saturated rings. The molecule has 1 saturated heterocycles. The van der Waals surface area contributed by atoms with Gasteiger partial charge >= 0.3 is 0 Å². The van der Waals surface area contributed by atoms with Crippen molar-refractivity contribution < 1.29 is 4.79 Å². The van der Waals surface area contributed by atoms with Crippen molar-refractivity contribution in [1.29, 1.82) is 0 Å². The lowest BCUT2D eigenvalue weighted by Crippen LogP contribution is -2.44. The Hall–Kier alpha value is -0.570. The van der Waals surface area contributed by atoms with Crippen LogP contribution in [0.3, 0.4) is 0 Å². The van der Waals surface area contributed by atoms with E-state index in [1.54, 1.807) is 0 Å². The molecule has 0 radical (unpaired) electrons. The summed E-state index contributed by atoms with van der Waals surface area (Å²) in [5.41, 5.74) is 0. The number of nitrogens with one attached hydrogen (secondary N) is 1. The number of carbonyl (C=O) groups is 1. The molecule has 1 N–H and O–H groups in total. The zero-order valence-corrected chi connectivity index (χ0v) is 10.7. The van der Waals surface area contributed by atoms with Crippen LogP contribution >= 0.6 is 0 Å². The van der Waals surface area contributed by atoms with Crippen LogP contribution in [0.15, 0.2) is 0 Å². The average molecular weight is 236 g/mol. The van der Waals surface area contributed by atoms with Crippen LogP contribution < -0.4 is 5.32 Å². The number of amides is 1. The molecule has 1 heterocycles. The zero-order chi connectivity index (χ0) is 11.7. The molecule has 0 aromatic carbocycles. The zero-order valence-electron chi connectivity index (χ0n) is 10.7. The van der Waals surface area contributed by atoms with E-state index in [2.05, 4.69) is 10.2 Å². The molecule has 0 atom stereocenters. The van der Waals surface area contributed by atoms with Crippen molar-refractivity contribution in [3.63, 3.8) is 0 Å². The summed E-state index contributed by atoms with van der Waals surface area (Å²) >= 11 is 0. The number of hydrogen-bond donors (Lipinski definition) is 1. The minimum atomic E-state index is 0.299. The Morgan fingerprint density at radius 3 is 2.18 bits per heavy atom. The highest BCUT2D eigenvalue weighted by Crippen LogP contribution is 2.28. The summed E-state index contributed by atoms with van der Waals surface area (Å²) in [7, 11) is 0. The standard InChI is InChI=1S/C14H24N2O/c17-14(15-12-5-6-12)11-7-9-16(10-8-11)13-3-1-2-4-13/h11-13H,1-10H2,(H,15,17). The lowest BCUT2D eigenvalue weighted by atomic mass is 9.94. The highest BCUT2D eigenvalue weighted by Gasteiger charge is 2.32. The van der Waals surface area contributed by atoms with E-state index in [1.807, 2.05) is 0 Å². The summed E-state index contributed by atoms with van der Waals surface area (Å²) in [5.74, 6) is 0.631. The van der Waals surface area contributed by atoms with Crippen molar-refractivity contribution in [2.24, 2.45) is 5.92 Å². The molecular formula is C14H24N2O. The van der Waals surface area contributed by atoms with E-state index in [1.165, 1.54) is 38.5 Å². The molecule has 17 heavy (non-hydrogen) atoms. The fourth-order valence-electron chi connectivity index (χ4n) is 3.34. The van der Waals surface area contributed by atoms with Crippen LogP contribution in [0.2, 0.25) is 0 Å². The average Bonchev–Trinajstić information content (AvgIpc) is 3.00. The normalized spacial score (nSPS) is 28.5. The first-order valence-electron chi connectivity index (χ1n) is 7.37. The van der Waals surface area contributed by atoms with Gasteiger partial charge in [0, 0.05) is 18.0 Å². The van der Waals surface area contributed by atoms with E-state index >= 15 is 0 Å². The van der Waals surface area contributed by atoms with Crippen LogP contribution in [-0.4, -0.2) is 36.0 Å². The van der Waals surface area contributed by atoms with Gasteiger partial charge in [0.25, 0.3) is 0 Å². The number of nitrogens with zero attached hydrogens (tertiary/aromatic N) is 1. The molecule has 1 aliphatic heterocycles. The summed E-state index contributed by atoms with van der Waals surface area (Å²) in [6.45, 7) is 2.29. The third kappa shape index (κ3) is 2.82. The Kier molecular flexibility index (Phi) is 3.37. The Morgan fingerprint density at radius 2 is 1.59 bits per heavy atom. The lowest BCUT2D eigenvalue weighted by molar-refractivity contribution is -0.126. The topological polar surface area (TPSA) is 32.3 Å². The van der Waals surface area contributed by atoms with Crippen molar-refractivity contribution in [1.82, 2.24) is 10.2 Å². The number of carbonyl (C=O) groups excluding carboxylic acids is 1. The van der Waals surface area contributed by atoms with Gasteiger partial charge in [-0.3, -0.25) is 4.79 Å². The molecule has 3 aliphatic rings. The number of hydrogen-bond acceptors (Lipinski definition) is 2. The van der Waals surface area contributed by atoms with Crippen LogP contribution in [0.4, 0.5) is 0 Å². The number of piperidine rings is 1. The molecule has 0 spiro atoms. The second kappa shape index (κ2) is 4.97. The second-order valence-electron chi connectivity index (χ2n) is 6.03. The van der Waals surface area contributed by atoms with Gasteiger partial charge in [0.1, 0.15) is 0 Å². The smallest absolute Gasteiger partial charge is 0.223 e. The largest absolute Gasteiger partial charge is 0.353 e. The fraction of sp³-hybridized carbons (Fsp3) is 0.929. The summed E-state index contributed by atoms with van der Waals surface area (Å²) in [6.07, 6.45) is 10.2. The van der Waals surface area contributed by atoms with E-state index < -0.39 is 0 Å². The van der Waals surface area contributed by atoms with E-state index in [9.17, 15) is 4.79 Å². The Morgan fingerprint density at radius 1 is 0.941 bits per heavy atom. The van der Waals surface area contributed by atoms with Crippen molar-refractivity contribution in [2.75, 3.05) is 13.1 Å². The first-order valence-corrected chi connectivity index (χ1v) is 7.37. The van der Waals surface area contributed by atoms with Crippen molar-refractivity contribution in [2.45, 2.75) is 63.5 Å². The molecule has 0 unspecified atom stereocenters. The molecule has 0 bridgehead atoms. The van der Waals surface area contributed by atoms with Gasteiger partial charge in [-0.2, -0.15) is 0 Å². The molecule has 2 aliphatic carbocycles. The van der Waals surface area contributed by atoms with E-state index in [0.29, 0.717) is 17.9 Å². The molecule has 3 nitrogen and oxygen atoms in total. The summed E-state index contributed by atoms with van der Waals surface area (Å²) in [4.78, 5) is 14.6. The molecular weight excluding hydrogens is 212 g/mol. The maximum absolute atomic E-state index is 11.9. The minimum Gasteiger partial charge on any atom is -0.353 e. The minimum absolute atomic E-state index is 0.299. The van der Waals surface area contributed by atoms with Crippen molar-refractivity contribution in [3.05, 3.63) is 0 Å². The number of rotatable bonds is 3. The van der Waals surface area contributed by atoms with Crippen molar-refractivity contribution >= 4 is 5.91 Å². The van der Waals surface area contributed by atoms with Crippen molar-refractivity contribution in [3.8, 4) is 0 Å². The molecule has 0 aromatic heterocycles. The van der Waals surface area contributed by atoms with Gasteiger partial charge in [0.05, 0.1) is 0 Å². The van der Waals surface area contributed by atoms with Gasteiger partial charge in [-0.1, -0.05) is 12.8 Å². The number of likely N-dealkylation sites (tertiary alicyclic amines) is 1. The predicted molar refractivity (Wildman–Crippen MR) is 67.7 cm³/mol. The van der Waals surface area contributed by atoms with Gasteiger partial charge in [-0.05, 0) is 51.6 Å². The molecule has 0 aromatic rings. The van der Waals surface area contributed by atoms with Gasteiger partial charge in [0.2, 0.25) is 5.91 Å². The fourth-order valence-corrected chi connectivity index (χ4v) is 3.34. The first kappa shape index (κ1) is 11.5. The highest BCUT2D eigenvalue weighted by atomic mass is 16.2. The third-order valence-corrected chi connectivity index (χ3v) is 4.67. The van der Waals surface area contributed by atoms with Crippen LogP contribution in [0.1, 0.15) is 51.4 Å². The summed E-state index contributed by atoms with van der Waals surface area (Å²) in [6, 6.07) is 1.36. The van der Waals surface area contributed by atoms with E-state index in [4.69, 9.17) is 0 Å². The quantitative estimate of drug-likeness (QED) is 0.812. The van der Waals surface area contributed by atoms with Gasteiger partial charge in [-0.25, -0.2) is 0 Å².